The minimum absolute atomic E-state index is 0.00384. The van der Waals surface area contributed by atoms with E-state index in [0.29, 0.717) is 11.4 Å². The second-order valence-corrected chi connectivity index (χ2v) is 6.21. The van der Waals surface area contributed by atoms with E-state index in [-0.39, 0.29) is 11.4 Å². The van der Waals surface area contributed by atoms with Gasteiger partial charge in [0.15, 0.2) is 0 Å². The van der Waals surface area contributed by atoms with Crippen LogP contribution < -0.4 is 5.32 Å². The van der Waals surface area contributed by atoms with E-state index in [4.69, 9.17) is 0 Å². The summed E-state index contributed by atoms with van der Waals surface area (Å²) in [7, 11) is 0. The van der Waals surface area contributed by atoms with E-state index >= 15 is 0 Å². The Hall–Kier alpha value is -4.00. The maximum absolute atomic E-state index is 11.0. The van der Waals surface area contributed by atoms with Gasteiger partial charge in [-0.15, -0.1) is 0 Å². The topological polar surface area (TPSA) is 101 Å². The Morgan fingerprint density at radius 3 is 2.43 bits per heavy atom. The van der Waals surface area contributed by atoms with Crippen LogP contribution in [-0.4, -0.2) is 20.0 Å². The van der Waals surface area contributed by atoms with Gasteiger partial charge in [0, 0.05) is 35.5 Å². The molecule has 7 nitrogen and oxygen atoms in total. The Morgan fingerprint density at radius 2 is 1.71 bits per heavy atom. The monoisotopic (exact) mass is 372 g/mol. The number of hydrogen-bond donors (Lipinski definition) is 2. The standard InChI is InChI=1S/C21H16N4O3/c26-18-11-10-17-16(4-3-13-22-17)20(18)21(24-19-5-1-2-12-23-19)14-6-8-15(9-7-14)25(27)28/h1-13,21,26H,(H,23,24)/t21-/m0/s1. The van der Waals surface area contributed by atoms with Gasteiger partial charge in [0.1, 0.15) is 11.6 Å². The number of hydrogen-bond acceptors (Lipinski definition) is 6. The molecule has 0 spiro atoms. The molecule has 2 heterocycles. The van der Waals surface area contributed by atoms with Crippen molar-refractivity contribution in [2.75, 3.05) is 5.32 Å². The maximum Gasteiger partial charge on any atom is 0.269 e. The molecule has 0 amide bonds. The summed E-state index contributed by atoms with van der Waals surface area (Å²) >= 11 is 0. The van der Waals surface area contributed by atoms with Crippen molar-refractivity contribution in [1.29, 1.82) is 0 Å². The SMILES string of the molecule is O=[N+]([O-])c1ccc([C@H](Nc2ccccn2)c2c(O)ccc3ncccc23)cc1. The van der Waals surface area contributed by atoms with Gasteiger partial charge in [0.2, 0.25) is 0 Å². The van der Waals surface area contributed by atoms with Gasteiger partial charge in [0.25, 0.3) is 5.69 Å². The number of aromatic nitrogens is 2. The summed E-state index contributed by atoms with van der Waals surface area (Å²) in [6, 6.07) is 18.3. The van der Waals surface area contributed by atoms with E-state index in [0.717, 1.165) is 16.5 Å². The van der Waals surface area contributed by atoms with Crippen molar-refractivity contribution in [3.8, 4) is 5.75 Å². The number of aromatic hydroxyl groups is 1. The van der Waals surface area contributed by atoms with Gasteiger partial charge in [-0.1, -0.05) is 12.1 Å². The highest BCUT2D eigenvalue weighted by Gasteiger charge is 2.22. The summed E-state index contributed by atoms with van der Waals surface area (Å²) in [5, 5.41) is 25.8. The molecule has 0 aliphatic heterocycles. The fraction of sp³-hybridized carbons (Fsp3) is 0.0476. The number of nitrogens with one attached hydrogen (secondary N) is 1. The van der Waals surface area contributed by atoms with Crippen molar-refractivity contribution in [3.63, 3.8) is 0 Å². The predicted molar refractivity (Wildman–Crippen MR) is 106 cm³/mol. The smallest absolute Gasteiger partial charge is 0.269 e. The minimum Gasteiger partial charge on any atom is -0.508 e. The highest BCUT2D eigenvalue weighted by molar-refractivity contribution is 5.86. The molecule has 2 aromatic heterocycles. The Labute approximate surface area is 160 Å². The lowest BCUT2D eigenvalue weighted by Gasteiger charge is -2.22. The number of nitro groups is 1. The first kappa shape index (κ1) is 17.4. The van der Waals surface area contributed by atoms with Crippen LogP contribution in [0.4, 0.5) is 11.5 Å². The van der Waals surface area contributed by atoms with E-state index in [1.807, 2.05) is 24.3 Å². The molecule has 0 unspecified atom stereocenters. The van der Waals surface area contributed by atoms with Gasteiger partial charge >= 0.3 is 0 Å². The molecule has 0 aliphatic carbocycles. The van der Waals surface area contributed by atoms with Crippen molar-refractivity contribution in [2.45, 2.75) is 6.04 Å². The van der Waals surface area contributed by atoms with Gasteiger partial charge in [-0.3, -0.25) is 15.1 Å². The van der Waals surface area contributed by atoms with E-state index < -0.39 is 11.0 Å². The zero-order valence-corrected chi connectivity index (χ0v) is 14.7. The Balaban J connectivity index is 1.88. The number of non-ortho nitro benzene ring substituents is 1. The highest BCUT2D eigenvalue weighted by Crippen LogP contribution is 2.37. The van der Waals surface area contributed by atoms with Gasteiger partial charge in [-0.2, -0.15) is 0 Å². The molecule has 28 heavy (non-hydrogen) atoms. The molecular weight excluding hydrogens is 356 g/mol. The fourth-order valence-corrected chi connectivity index (χ4v) is 3.17. The summed E-state index contributed by atoms with van der Waals surface area (Å²) in [6.45, 7) is 0. The van der Waals surface area contributed by atoms with E-state index in [1.54, 1.807) is 42.7 Å². The molecule has 4 aromatic rings. The number of benzene rings is 2. The van der Waals surface area contributed by atoms with Crippen LogP contribution in [0, 0.1) is 10.1 Å². The predicted octanol–water partition coefficient (Wildman–Crippen LogP) is 4.45. The summed E-state index contributed by atoms with van der Waals surface area (Å²) in [5.74, 6) is 0.721. The summed E-state index contributed by atoms with van der Waals surface area (Å²) in [5.41, 5.74) is 2.13. The van der Waals surface area contributed by atoms with E-state index in [2.05, 4.69) is 15.3 Å². The van der Waals surface area contributed by atoms with Crippen LogP contribution in [0.3, 0.4) is 0 Å². The molecule has 0 saturated heterocycles. The lowest BCUT2D eigenvalue weighted by Crippen LogP contribution is -2.14. The third-order valence-corrected chi connectivity index (χ3v) is 4.49. The second kappa shape index (κ2) is 7.32. The van der Waals surface area contributed by atoms with Crippen LogP contribution >= 0.6 is 0 Å². The van der Waals surface area contributed by atoms with Crippen LogP contribution in [0.2, 0.25) is 0 Å². The summed E-state index contributed by atoms with van der Waals surface area (Å²) in [4.78, 5) is 19.2. The van der Waals surface area contributed by atoms with Crippen molar-refractivity contribution in [1.82, 2.24) is 9.97 Å². The van der Waals surface area contributed by atoms with Crippen molar-refractivity contribution in [2.24, 2.45) is 0 Å². The third-order valence-electron chi connectivity index (χ3n) is 4.49. The first-order chi connectivity index (χ1) is 13.6. The van der Waals surface area contributed by atoms with Crippen molar-refractivity contribution >= 4 is 22.4 Å². The molecule has 2 N–H and O–H groups in total. The number of fused-ring (bicyclic) bond motifs is 1. The summed E-state index contributed by atoms with van der Waals surface area (Å²) < 4.78 is 0. The molecule has 4 rings (SSSR count). The second-order valence-electron chi connectivity index (χ2n) is 6.21. The number of nitro benzene ring substituents is 1. The maximum atomic E-state index is 11.0. The normalized spacial score (nSPS) is 11.9. The number of nitrogens with zero attached hydrogens (tertiary/aromatic N) is 3. The fourth-order valence-electron chi connectivity index (χ4n) is 3.17. The Kier molecular flexibility index (Phi) is 4.55. The number of phenolic OH excluding ortho intramolecular Hbond substituents is 1. The van der Waals surface area contributed by atoms with Crippen molar-refractivity contribution < 1.29 is 10.0 Å². The number of anilines is 1. The van der Waals surface area contributed by atoms with Crippen molar-refractivity contribution in [3.05, 3.63) is 100 Å². The Morgan fingerprint density at radius 1 is 0.929 bits per heavy atom. The highest BCUT2D eigenvalue weighted by atomic mass is 16.6. The lowest BCUT2D eigenvalue weighted by atomic mass is 9.94. The van der Waals surface area contributed by atoms with Gasteiger partial charge in [0.05, 0.1) is 16.5 Å². The molecule has 7 heteroatoms. The van der Waals surface area contributed by atoms with Crippen LogP contribution in [0.1, 0.15) is 17.2 Å². The molecule has 0 bridgehead atoms. The minimum atomic E-state index is -0.483. The van der Waals surface area contributed by atoms with E-state index in [9.17, 15) is 15.2 Å². The van der Waals surface area contributed by atoms with E-state index in [1.165, 1.54) is 12.1 Å². The number of pyridine rings is 2. The van der Waals surface area contributed by atoms with Crippen LogP contribution in [-0.2, 0) is 0 Å². The first-order valence-electron chi connectivity index (χ1n) is 8.62. The van der Waals surface area contributed by atoms with Crippen LogP contribution in [0.5, 0.6) is 5.75 Å². The molecule has 1 atom stereocenters. The van der Waals surface area contributed by atoms with Gasteiger partial charge in [-0.05, 0) is 48.0 Å². The average Bonchev–Trinajstić information content (AvgIpc) is 2.73. The largest absolute Gasteiger partial charge is 0.508 e. The summed E-state index contributed by atoms with van der Waals surface area (Å²) in [6.07, 6.45) is 3.36. The molecule has 2 aromatic carbocycles. The zero-order chi connectivity index (χ0) is 19.5. The molecule has 0 radical (unpaired) electrons. The molecule has 0 saturated carbocycles. The first-order valence-corrected chi connectivity index (χ1v) is 8.62. The lowest BCUT2D eigenvalue weighted by molar-refractivity contribution is -0.384. The van der Waals surface area contributed by atoms with Crippen LogP contribution in [0.15, 0.2) is 79.1 Å². The average molecular weight is 372 g/mol. The molecule has 0 fully saturated rings. The Bertz CT molecular complexity index is 1130. The quantitative estimate of drug-likeness (QED) is 0.397. The molecule has 0 aliphatic rings. The van der Waals surface area contributed by atoms with Gasteiger partial charge < -0.3 is 10.4 Å². The number of phenols is 1. The third kappa shape index (κ3) is 3.33. The van der Waals surface area contributed by atoms with Crippen LogP contribution in [0.25, 0.3) is 10.9 Å². The molecule has 138 valence electrons. The molecular formula is C21H16N4O3. The van der Waals surface area contributed by atoms with Gasteiger partial charge in [-0.25, -0.2) is 4.98 Å². The zero-order valence-electron chi connectivity index (χ0n) is 14.7. The number of rotatable bonds is 5.